The number of aromatic nitrogens is 2. The van der Waals surface area contributed by atoms with Gasteiger partial charge < -0.3 is 20.1 Å². The Hall–Kier alpha value is -3.56. The number of carboxylic acids is 1. The summed E-state index contributed by atoms with van der Waals surface area (Å²) in [6.45, 7) is 4.01. The first kappa shape index (κ1) is 19.2. The van der Waals surface area contributed by atoms with E-state index < -0.39 is 23.2 Å². The quantitative estimate of drug-likeness (QED) is 0.542. The summed E-state index contributed by atoms with van der Waals surface area (Å²) in [5, 5.41) is 11.7. The van der Waals surface area contributed by atoms with Crippen molar-refractivity contribution >= 4 is 34.8 Å². The molecule has 0 unspecified atom stereocenters. The van der Waals surface area contributed by atoms with Crippen LogP contribution < -0.4 is 21.5 Å². The Bertz CT molecular complexity index is 1060. The number of rotatable bonds is 6. The third-order valence-electron chi connectivity index (χ3n) is 4.48. The molecule has 0 atom stereocenters. The third-order valence-corrected chi connectivity index (χ3v) is 4.48. The zero-order valence-corrected chi connectivity index (χ0v) is 15.4. The van der Waals surface area contributed by atoms with Gasteiger partial charge in [0, 0.05) is 0 Å². The number of nitrogens with zero attached hydrogens (tertiary/aromatic N) is 1. The smallest absolute Gasteiger partial charge is 0.327 e. The summed E-state index contributed by atoms with van der Waals surface area (Å²) >= 11 is 0. The van der Waals surface area contributed by atoms with Gasteiger partial charge in [-0.25, -0.2) is 4.79 Å². The molecule has 0 fully saturated rings. The van der Waals surface area contributed by atoms with Crippen LogP contribution in [0.3, 0.4) is 0 Å². The number of nitrogens with one attached hydrogen (secondary N) is 3. The van der Waals surface area contributed by atoms with Gasteiger partial charge in [-0.3, -0.25) is 24.4 Å². The Morgan fingerprint density at radius 2 is 1.82 bits per heavy atom. The molecule has 0 saturated carbocycles. The second-order valence-electron chi connectivity index (χ2n) is 6.48. The number of fused-ring (bicyclic) bond motifs is 2. The molecule has 0 saturated heterocycles. The summed E-state index contributed by atoms with van der Waals surface area (Å²) in [6.07, 6.45) is -0.530. The average Bonchev–Trinajstić information content (AvgIpc) is 2.61. The first-order valence-electron chi connectivity index (χ1n) is 8.66. The van der Waals surface area contributed by atoms with E-state index in [-0.39, 0.29) is 37.5 Å². The number of anilines is 4. The summed E-state index contributed by atoms with van der Waals surface area (Å²) in [7, 11) is 0. The van der Waals surface area contributed by atoms with Gasteiger partial charge in [-0.1, -0.05) is 0 Å². The summed E-state index contributed by atoms with van der Waals surface area (Å²) in [6, 6.07) is 3.80. The van der Waals surface area contributed by atoms with E-state index in [1.165, 1.54) is 0 Å². The molecule has 10 heteroatoms. The first-order valence-corrected chi connectivity index (χ1v) is 8.66. The molecule has 148 valence electrons. The lowest BCUT2D eigenvalue weighted by Crippen LogP contribution is -2.35. The topological polar surface area (TPSA) is 145 Å². The van der Waals surface area contributed by atoms with Crippen molar-refractivity contribution in [2.75, 3.05) is 23.4 Å². The van der Waals surface area contributed by atoms with Gasteiger partial charge >= 0.3 is 17.6 Å². The van der Waals surface area contributed by atoms with Crippen molar-refractivity contribution < 1.29 is 19.4 Å². The van der Waals surface area contributed by atoms with Gasteiger partial charge in [-0.05, 0) is 37.1 Å². The van der Waals surface area contributed by atoms with E-state index in [4.69, 9.17) is 9.84 Å². The van der Waals surface area contributed by atoms with Gasteiger partial charge in [0.1, 0.15) is 18.1 Å². The number of carboxylic acid groups (broad SMARTS) is 1. The maximum absolute atomic E-state index is 12.2. The van der Waals surface area contributed by atoms with E-state index >= 15 is 0 Å². The van der Waals surface area contributed by atoms with Crippen molar-refractivity contribution in [3.8, 4) is 0 Å². The Morgan fingerprint density at radius 1 is 1.11 bits per heavy atom. The number of aromatic amines is 2. The van der Waals surface area contributed by atoms with Gasteiger partial charge in [0.15, 0.2) is 0 Å². The standard InChI is InChI=1S/C18H20N4O6/c1-9-7-11-12(8-10(9)2)22(5-6-28-14(25)4-3-13(23)24)16-15(19-11)17(26)21-18(27)20-16/h7-8,19H,3-6H2,1-2H3,(H,23,24)(H2,20,21,26,27). The minimum Gasteiger partial charge on any atom is -0.481 e. The second kappa shape index (κ2) is 7.59. The van der Waals surface area contributed by atoms with Crippen LogP contribution in [0.15, 0.2) is 21.7 Å². The summed E-state index contributed by atoms with van der Waals surface area (Å²) < 4.78 is 5.10. The molecule has 1 aliphatic heterocycles. The highest BCUT2D eigenvalue weighted by Gasteiger charge is 2.26. The molecule has 0 spiro atoms. The van der Waals surface area contributed by atoms with E-state index in [2.05, 4.69) is 15.3 Å². The van der Waals surface area contributed by atoms with Gasteiger partial charge in [-0.2, -0.15) is 0 Å². The molecule has 4 N–H and O–H groups in total. The minimum atomic E-state index is -1.08. The van der Waals surface area contributed by atoms with Crippen molar-refractivity contribution in [1.29, 1.82) is 0 Å². The number of ether oxygens (including phenoxy) is 1. The zero-order valence-electron chi connectivity index (χ0n) is 15.4. The predicted octanol–water partition coefficient (Wildman–Crippen LogP) is 1.28. The normalized spacial score (nSPS) is 12.0. The number of aliphatic carboxylic acids is 1. The lowest BCUT2D eigenvalue weighted by molar-refractivity contribution is -0.147. The highest BCUT2D eigenvalue weighted by Crippen LogP contribution is 2.41. The van der Waals surface area contributed by atoms with Crippen LogP contribution in [0.2, 0.25) is 0 Å². The zero-order chi connectivity index (χ0) is 20.4. The fourth-order valence-electron chi connectivity index (χ4n) is 2.94. The number of carbonyl (C=O) groups excluding carboxylic acids is 1. The van der Waals surface area contributed by atoms with Crippen LogP contribution >= 0.6 is 0 Å². The molecule has 2 aromatic rings. The lowest BCUT2D eigenvalue weighted by Gasteiger charge is -2.33. The number of esters is 1. The SMILES string of the molecule is Cc1cc2c(cc1C)N(CCOC(=O)CCC(=O)O)c1[nH]c(=O)[nH]c(=O)c1N2. The van der Waals surface area contributed by atoms with Crippen LogP contribution in [0, 0.1) is 13.8 Å². The number of hydrogen-bond acceptors (Lipinski definition) is 7. The number of aryl methyl sites for hydroxylation is 2. The number of carbonyl (C=O) groups is 2. The van der Waals surface area contributed by atoms with Crippen LogP contribution in [-0.2, 0) is 14.3 Å². The van der Waals surface area contributed by atoms with Gasteiger partial charge in [0.2, 0.25) is 0 Å². The Kier molecular flexibility index (Phi) is 5.21. The predicted molar refractivity (Wildman–Crippen MR) is 102 cm³/mol. The molecule has 1 aromatic carbocycles. The van der Waals surface area contributed by atoms with Gasteiger partial charge in [0.25, 0.3) is 5.56 Å². The van der Waals surface area contributed by atoms with E-state index in [0.29, 0.717) is 5.69 Å². The molecule has 0 radical (unpaired) electrons. The van der Waals surface area contributed by atoms with Crippen molar-refractivity contribution in [3.05, 3.63) is 44.1 Å². The van der Waals surface area contributed by atoms with Crippen molar-refractivity contribution in [2.45, 2.75) is 26.7 Å². The molecule has 1 aromatic heterocycles. The summed E-state index contributed by atoms with van der Waals surface area (Å²) in [5.41, 5.74) is 2.42. The molecule has 1 aliphatic rings. The number of hydrogen-bond donors (Lipinski definition) is 4. The maximum Gasteiger partial charge on any atom is 0.327 e. The molecule has 0 aliphatic carbocycles. The van der Waals surface area contributed by atoms with E-state index in [0.717, 1.165) is 16.8 Å². The molecule has 3 rings (SSSR count). The first-order chi connectivity index (χ1) is 13.3. The molecule has 10 nitrogen and oxygen atoms in total. The van der Waals surface area contributed by atoms with E-state index in [1.807, 2.05) is 26.0 Å². The molecular weight excluding hydrogens is 368 g/mol. The highest BCUT2D eigenvalue weighted by atomic mass is 16.5. The van der Waals surface area contributed by atoms with Gasteiger partial charge in [0.05, 0.1) is 30.8 Å². The summed E-state index contributed by atoms with van der Waals surface area (Å²) in [4.78, 5) is 52.6. The van der Waals surface area contributed by atoms with Crippen LogP contribution in [0.4, 0.5) is 22.9 Å². The fourth-order valence-corrected chi connectivity index (χ4v) is 2.94. The largest absolute Gasteiger partial charge is 0.481 e. The van der Waals surface area contributed by atoms with Gasteiger partial charge in [-0.15, -0.1) is 0 Å². The average molecular weight is 388 g/mol. The van der Waals surface area contributed by atoms with Crippen molar-refractivity contribution in [1.82, 2.24) is 9.97 Å². The summed E-state index contributed by atoms with van der Waals surface area (Å²) in [5.74, 6) is -1.44. The fraction of sp³-hybridized carbons (Fsp3) is 0.333. The monoisotopic (exact) mass is 388 g/mol. The van der Waals surface area contributed by atoms with Crippen LogP contribution in [0.5, 0.6) is 0 Å². The molecule has 2 heterocycles. The number of benzene rings is 1. The van der Waals surface area contributed by atoms with Crippen LogP contribution in [0.25, 0.3) is 0 Å². The van der Waals surface area contributed by atoms with Crippen molar-refractivity contribution in [2.24, 2.45) is 0 Å². The number of H-pyrrole nitrogens is 2. The second-order valence-corrected chi connectivity index (χ2v) is 6.48. The van der Waals surface area contributed by atoms with E-state index in [1.54, 1.807) is 4.90 Å². The van der Waals surface area contributed by atoms with Crippen LogP contribution in [0.1, 0.15) is 24.0 Å². The molecule has 0 bridgehead atoms. The molecular formula is C18H20N4O6. The maximum atomic E-state index is 12.2. The lowest BCUT2D eigenvalue weighted by atomic mass is 10.0. The Labute approximate surface area is 159 Å². The van der Waals surface area contributed by atoms with Crippen molar-refractivity contribution in [3.63, 3.8) is 0 Å². The Balaban J connectivity index is 1.88. The minimum absolute atomic E-state index is 0.0426. The Morgan fingerprint density at radius 3 is 2.54 bits per heavy atom. The highest BCUT2D eigenvalue weighted by molar-refractivity contribution is 5.90. The third kappa shape index (κ3) is 3.90. The molecule has 28 heavy (non-hydrogen) atoms. The molecule has 0 amide bonds. The van der Waals surface area contributed by atoms with E-state index in [9.17, 15) is 19.2 Å². The van der Waals surface area contributed by atoms with Crippen LogP contribution in [-0.4, -0.2) is 40.2 Å².